The summed E-state index contributed by atoms with van der Waals surface area (Å²) in [5.74, 6) is 0.965. The van der Waals surface area contributed by atoms with Crippen molar-refractivity contribution in [3.63, 3.8) is 0 Å². The SMILES string of the molecule is CCC1CCNC(CN2CCC=C(C)C2)C1. The van der Waals surface area contributed by atoms with E-state index in [1.165, 1.54) is 51.9 Å². The van der Waals surface area contributed by atoms with E-state index in [-0.39, 0.29) is 0 Å². The predicted molar refractivity (Wildman–Crippen MR) is 69.6 cm³/mol. The Morgan fingerprint density at radius 1 is 1.50 bits per heavy atom. The molecule has 0 aromatic carbocycles. The minimum Gasteiger partial charge on any atom is -0.313 e. The third kappa shape index (κ3) is 3.33. The Morgan fingerprint density at radius 3 is 3.12 bits per heavy atom. The van der Waals surface area contributed by atoms with Crippen LogP contribution in [0.2, 0.25) is 0 Å². The molecule has 2 heteroatoms. The Kier molecular flexibility index (Phi) is 4.42. The standard InChI is InChI=1S/C14H26N2/c1-3-13-6-7-15-14(9-13)11-16-8-4-5-12(2)10-16/h5,13-15H,3-4,6-11H2,1-2H3. The molecule has 92 valence electrons. The highest BCUT2D eigenvalue weighted by molar-refractivity contribution is 5.04. The van der Waals surface area contributed by atoms with Gasteiger partial charge in [0.05, 0.1) is 0 Å². The average molecular weight is 222 g/mol. The normalized spacial score (nSPS) is 32.5. The van der Waals surface area contributed by atoms with Gasteiger partial charge >= 0.3 is 0 Å². The minimum absolute atomic E-state index is 0.740. The highest BCUT2D eigenvalue weighted by Gasteiger charge is 2.22. The number of hydrogen-bond donors (Lipinski definition) is 1. The third-order valence-electron chi connectivity index (χ3n) is 4.07. The average Bonchev–Trinajstić information content (AvgIpc) is 2.29. The van der Waals surface area contributed by atoms with Crippen molar-refractivity contribution in [1.82, 2.24) is 10.2 Å². The van der Waals surface area contributed by atoms with Crippen molar-refractivity contribution >= 4 is 0 Å². The van der Waals surface area contributed by atoms with Crippen LogP contribution in [0.15, 0.2) is 11.6 Å². The lowest BCUT2D eigenvalue weighted by atomic mass is 9.90. The van der Waals surface area contributed by atoms with E-state index in [1.54, 1.807) is 5.57 Å². The summed E-state index contributed by atoms with van der Waals surface area (Å²) in [6, 6.07) is 0.740. The molecule has 2 unspecified atom stereocenters. The number of hydrogen-bond acceptors (Lipinski definition) is 2. The van der Waals surface area contributed by atoms with E-state index in [2.05, 4.69) is 30.1 Å². The van der Waals surface area contributed by atoms with Gasteiger partial charge in [0.2, 0.25) is 0 Å². The zero-order valence-corrected chi connectivity index (χ0v) is 10.8. The van der Waals surface area contributed by atoms with Crippen LogP contribution < -0.4 is 5.32 Å². The Labute approximate surface area is 100 Å². The molecule has 2 nitrogen and oxygen atoms in total. The van der Waals surface area contributed by atoms with Crippen LogP contribution in [-0.2, 0) is 0 Å². The second-order valence-corrected chi connectivity index (χ2v) is 5.52. The van der Waals surface area contributed by atoms with Gasteiger partial charge in [-0.3, -0.25) is 4.90 Å². The number of nitrogens with one attached hydrogen (secondary N) is 1. The molecule has 2 rings (SSSR count). The molecule has 0 saturated carbocycles. The van der Waals surface area contributed by atoms with Crippen molar-refractivity contribution in [3.8, 4) is 0 Å². The quantitative estimate of drug-likeness (QED) is 0.738. The Balaban J connectivity index is 1.78. The maximum Gasteiger partial charge on any atom is 0.0197 e. The fraction of sp³-hybridized carbons (Fsp3) is 0.857. The number of nitrogens with zero attached hydrogens (tertiary/aromatic N) is 1. The highest BCUT2D eigenvalue weighted by atomic mass is 15.2. The summed E-state index contributed by atoms with van der Waals surface area (Å²) in [5.41, 5.74) is 1.55. The van der Waals surface area contributed by atoms with Gasteiger partial charge < -0.3 is 5.32 Å². The fourth-order valence-electron chi connectivity index (χ4n) is 3.06. The molecule has 1 fully saturated rings. The Bertz CT molecular complexity index is 247. The van der Waals surface area contributed by atoms with E-state index in [4.69, 9.17) is 0 Å². The molecule has 16 heavy (non-hydrogen) atoms. The maximum atomic E-state index is 3.68. The van der Waals surface area contributed by atoms with E-state index >= 15 is 0 Å². The van der Waals surface area contributed by atoms with Crippen LogP contribution in [0.4, 0.5) is 0 Å². The maximum absolute atomic E-state index is 3.68. The summed E-state index contributed by atoms with van der Waals surface area (Å²) in [5, 5.41) is 3.68. The summed E-state index contributed by atoms with van der Waals surface area (Å²) in [7, 11) is 0. The van der Waals surface area contributed by atoms with Gasteiger partial charge in [-0.1, -0.05) is 25.0 Å². The minimum atomic E-state index is 0.740. The van der Waals surface area contributed by atoms with Crippen molar-refractivity contribution in [3.05, 3.63) is 11.6 Å². The van der Waals surface area contributed by atoms with E-state index in [0.717, 1.165) is 12.0 Å². The molecule has 0 bridgehead atoms. The second kappa shape index (κ2) is 5.83. The van der Waals surface area contributed by atoms with Crippen molar-refractivity contribution < 1.29 is 0 Å². The third-order valence-corrected chi connectivity index (χ3v) is 4.07. The van der Waals surface area contributed by atoms with Gasteiger partial charge in [0.1, 0.15) is 0 Å². The summed E-state index contributed by atoms with van der Waals surface area (Å²) in [6.07, 6.45) is 7.76. The van der Waals surface area contributed by atoms with Crippen molar-refractivity contribution in [2.24, 2.45) is 5.92 Å². The summed E-state index contributed by atoms with van der Waals surface area (Å²) in [4.78, 5) is 2.62. The lowest BCUT2D eigenvalue weighted by Crippen LogP contribution is -2.47. The van der Waals surface area contributed by atoms with E-state index in [1.807, 2.05) is 0 Å². The van der Waals surface area contributed by atoms with E-state index in [9.17, 15) is 0 Å². The topological polar surface area (TPSA) is 15.3 Å². The molecule has 0 radical (unpaired) electrons. The second-order valence-electron chi connectivity index (χ2n) is 5.52. The highest BCUT2D eigenvalue weighted by Crippen LogP contribution is 2.20. The molecular formula is C14H26N2. The van der Waals surface area contributed by atoms with Gasteiger partial charge in [0.25, 0.3) is 0 Å². The molecule has 0 amide bonds. The Hall–Kier alpha value is -0.340. The van der Waals surface area contributed by atoms with Crippen LogP contribution in [0.1, 0.15) is 39.5 Å². The first kappa shape index (κ1) is 12.1. The van der Waals surface area contributed by atoms with Crippen LogP contribution in [0.5, 0.6) is 0 Å². The van der Waals surface area contributed by atoms with Gasteiger partial charge in [-0.2, -0.15) is 0 Å². The number of rotatable bonds is 3. The van der Waals surface area contributed by atoms with Crippen molar-refractivity contribution in [2.75, 3.05) is 26.2 Å². The molecule has 2 atom stereocenters. The van der Waals surface area contributed by atoms with Crippen LogP contribution in [0, 0.1) is 5.92 Å². The molecule has 2 aliphatic rings. The molecule has 1 N–H and O–H groups in total. The first-order valence-electron chi connectivity index (χ1n) is 6.89. The van der Waals surface area contributed by atoms with Gasteiger partial charge in [-0.15, -0.1) is 0 Å². The van der Waals surface area contributed by atoms with Gasteiger partial charge in [-0.25, -0.2) is 0 Å². The van der Waals surface area contributed by atoms with Crippen LogP contribution in [0.25, 0.3) is 0 Å². The monoisotopic (exact) mass is 222 g/mol. The zero-order valence-electron chi connectivity index (χ0n) is 10.8. The van der Waals surface area contributed by atoms with Crippen molar-refractivity contribution in [2.45, 2.75) is 45.6 Å². The molecule has 0 aromatic rings. The molecule has 1 saturated heterocycles. The Morgan fingerprint density at radius 2 is 2.38 bits per heavy atom. The lowest BCUT2D eigenvalue weighted by molar-refractivity contribution is 0.206. The van der Waals surface area contributed by atoms with Crippen molar-refractivity contribution in [1.29, 1.82) is 0 Å². The summed E-state index contributed by atoms with van der Waals surface area (Å²) in [6.45, 7) is 9.52. The molecule has 0 spiro atoms. The van der Waals surface area contributed by atoms with Crippen LogP contribution >= 0.6 is 0 Å². The van der Waals surface area contributed by atoms with Gasteiger partial charge in [0.15, 0.2) is 0 Å². The predicted octanol–water partition coefficient (Wildman–Crippen LogP) is 2.42. The summed E-state index contributed by atoms with van der Waals surface area (Å²) < 4.78 is 0. The van der Waals surface area contributed by atoms with Gasteiger partial charge in [-0.05, 0) is 38.6 Å². The molecule has 0 aliphatic carbocycles. The molecule has 0 aromatic heterocycles. The fourth-order valence-corrected chi connectivity index (χ4v) is 3.06. The van der Waals surface area contributed by atoms with Gasteiger partial charge in [0, 0.05) is 25.7 Å². The lowest BCUT2D eigenvalue weighted by Gasteiger charge is -2.35. The van der Waals surface area contributed by atoms with Crippen LogP contribution in [0.3, 0.4) is 0 Å². The first-order valence-corrected chi connectivity index (χ1v) is 6.89. The molecule has 2 aliphatic heterocycles. The first-order chi connectivity index (χ1) is 7.78. The number of piperidine rings is 1. The smallest absolute Gasteiger partial charge is 0.0197 e. The zero-order chi connectivity index (χ0) is 11.4. The molecular weight excluding hydrogens is 196 g/mol. The van der Waals surface area contributed by atoms with E-state index in [0.29, 0.717) is 0 Å². The van der Waals surface area contributed by atoms with Crippen LogP contribution in [-0.4, -0.2) is 37.1 Å². The molecule has 2 heterocycles. The van der Waals surface area contributed by atoms with E-state index < -0.39 is 0 Å². The largest absolute Gasteiger partial charge is 0.313 e. The summed E-state index contributed by atoms with van der Waals surface area (Å²) >= 11 is 0.